The monoisotopic (exact) mass is 135 g/mol. The summed E-state index contributed by atoms with van der Waals surface area (Å²) in [7, 11) is 0. The van der Waals surface area contributed by atoms with Crippen molar-refractivity contribution in [2.24, 2.45) is 0 Å². The van der Waals surface area contributed by atoms with Crippen LogP contribution in [-0.4, -0.2) is 6.54 Å². The highest BCUT2D eigenvalue weighted by atomic mass is 14.8. The molecule has 0 heterocycles. The summed E-state index contributed by atoms with van der Waals surface area (Å²) in [5.41, 5.74) is 0.476. The maximum Gasteiger partial charge on any atom is 0.0973 e. The third-order valence-corrected chi connectivity index (χ3v) is 0.894. The first-order chi connectivity index (χ1) is 4.85. The van der Waals surface area contributed by atoms with Gasteiger partial charge in [-0.05, 0) is 6.92 Å². The van der Waals surface area contributed by atoms with E-state index in [1.165, 1.54) is 0 Å². The molecular formula is C7H9N3. The quantitative estimate of drug-likeness (QED) is 0.585. The molecule has 3 heteroatoms. The molecule has 0 fully saturated rings. The lowest BCUT2D eigenvalue weighted by Crippen LogP contribution is -2.03. The van der Waals surface area contributed by atoms with E-state index in [2.05, 4.69) is 5.32 Å². The van der Waals surface area contributed by atoms with Gasteiger partial charge in [0.1, 0.15) is 0 Å². The molecule has 0 bridgehead atoms. The van der Waals surface area contributed by atoms with Gasteiger partial charge < -0.3 is 5.32 Å². The molecule has 0 saturated heterocycles. The standard InChI is InChI=1S/C7H9N3/c1-2-10-6-7(5-9)3-4-8/h6,10H,2-3H2,1H3/b7-6+. The highest BCUT2D eigenvalue weighted by Gasteiger charge is 1.90. The van der Waals surface area contributed by atoms with E-state index in [0.717, 1.165) is 6.54 Å². The van der Waals surface area contributed by atoms with E-state index >= 15 is 0 Å². The molecule has 0 aromatic rings. The summed E-state index contributed by atoms with van der Waals surface area (Å²) < 4.78 is 0. The number of allylic oxidation sites excluding steroid dienone is 1. The normalized spacial score (nSPS) is 9.70. The number of rotatable bonds is 3. The fourth-order valence-electron chi connectivity index (χ4n) is 0.433. The maximum absolute atomic E-state index is 8.37. The Hall–Kier alpha value is -1.48. The molecule has 0 amide bonds. The van der Waals surface area contributed by atoms with Crippen molar-refractivity contribution >= 4 is 0 Å². The number of nitriles is 2. The van der Waals surface area contributed by atoms with E-state index < -0.39 is 0 Å². The van der Waals surface area contributed by atoms with E-state index in [9.17, 15) is 0 Å². The number of nitrogens with zero attached hydrogens (tertiary/aromatic N) is 2. The molecule has 52 valence electrons. The topological polar surface area (TPSA) is 59.6 Å². The van der Waals surface area contributed by atoms with Gasteiger partial charge in [0.25, 0.3) is 0 Å². The first kappa shape index (κ1) is 8.52. The summed E-state index contributed by atoms with van der Waals surface area (Å²) in [4.78, 5) is 0. The second-order valence-corrected chi connectivity index (χ2v) is 1.67. The molecule has 0 rings (SSSR count). The summed E-state index contributed by atoms with van der Waals surface area (Å²) >= 11 is 0. The van der Waals surface area contributed by atoms with Crippen LogP contribution in [0.3, 0.4) is 0 Å². The molecule has 0 aromatic carbocycles. The minimum atomic E-state index is 0.184. The second-order valence-electron chi connectivity index (χ2n) is 1.67. The van der Waals surface area contributed by atoms with Crippen molar-refractivity contribution in [3.05, 3.63) is 11.8 Å². The Morgan fingerprint density at radius 1 is 1.60 bits per heavy atom. The Morgan fingerprint density at radius 2 is 2.30 bits per heavy atom. The van der Waals surface area contributed by atoms with Crippen LogP contribution in [0.15, 0.2) is 11.8 Å². The third-order valence-electron chi connectivity index (χ3n) is 0.894. The molecule has 0 spiro atoms. The highest BCUT2D eigenvalue weighted by Crippen LogP contribution is 1.94. The van der Waals surface area contributed by atoms with E-state index in [0.29, 0.717) is 5.57 Å². The van der Waals surface area contributed by atoms with E-state index in [1.807, 2.05) is 19.1 Å². The predicted molar refractivity (Wildman–Crippen MR) is 37.6 cm³/mol. The zero-order valence-corrected chi connectivity index (χ0v) is 5.89. The van der Waals surface area contributed by atoms with Crippen molar-refractivity contribution in [2.45, 2.75) is 13.3 Å². The smallest absolute Gasteiger partial charge is 0.0973 e. The molecule has 0 saturated carbocycles. The Bertz CT molecular complexity index is 192. The van der Waals surface area contributed by atoms with Gasteiger partial charge in [0.05, 0.1) is 24.1 Å². The van der Waals surface area contributed by atoms with Crippen molar-refractivity contribution in [1.82, 2.24) is 5.32 Å². The van der Waals surface area contributed by atoms with Crippen molar-refractivity contribution < 1.29 is 0 Å². The van der Waals surface area contributed by atoms with Gasteiger partial charge in [-0.15, -0.1) is 0 Å². The second kappa shape index (κ2) is 5.65. The lowest BCUT2D eigenvalue weighted by molar-refractivity contribution is 0.908. The molecule has 0 unspecified atom stereocenters. The van der Waals surface area contributed by atoms with Gasteiger partial charge >= 0.3 is 0 Å². The van der Waals surface area contributed by atoms with Crippen LogP contribution in [0.2, 0.25) is 0 Å². The van der Waals surface area contributed by atoms with Crippen LogP contribution in [0.5, 0.6) is 0 Å². The van der Waals surface area contributed by atoms with Gasteiger partial charge in [-0.3, -0.25) is 0 Å². The molecular weight excluding hydrogens is 126 g/mol. The molecule has 0 aliphatic carbocycles. The van der Waals surface area contributed by atoms with Crippen molar-refractivity contribution in [3.8, 4) is 12.1 Å². The van der Waals surface area contributed by atoms with Gasteiger partial charge in [0, 0.05) is 12.7 Å². The van der Waals surface area contributed by atoms with Crippen LogP contribution in [0, 0.1) is 22.7 Å². The van der Waals surface area contributed by atoms with E-state index in [-0.39, 0.29) is 6.42 Å². The molecule has 0 atom stereocenters. The van der Waals surface area contributed by atoms with Gasteiger partial charge in [0.2, 0.25) is 0 Å². The summed E-state index contributed by atoms with van der Waals surface area (Å²) in [6.45, 7) is 2.70. The first-order valence-corrected chi connectivity index (χ1v) is 3.04. The average Bonchev–Trinajstić information content (AvgIpc) is 1.98. The molecule has 1 N–H and O–H groups in total. The Labute approximate surface area is 60.6 Å². The summed E-state index contributed by atoms with van der Waals surface area (Å²) in [6, 6.07) is 3.81. The van der Waals surface area contributed by atoms with Crippen LogP contribution < -0.4 is 5.32 Å². The van der Waals surface area contributed by atoms with Crippen LogP contribution in [-0.2, 0) is 0 Å². The minimum absolute atomic E-state index is 0.184. The van der Waals surface area contributed by atoms with Gasteiger partial charge in [-0.2, -0.15) is 10.5 Å². The van der Waals surface area contributed by atoms with Crippen LogP contribution in [0.4, 0.5) is 0 Å². The third kappa shape index (κ3) is 3.51. The van der Waals surface area contributed by atoms with Crippen LogP contribution in [0.25, 0.3) is 0 Å². The van der Waals surface area contributed by atoms with Crippen molar-refractivity contribution in [2.75, 3.05) is 6.54 Å². The molecule has 0 radical (unpaired) electrons. The average molecular weight is 135 g/mol. The predicted octanol–water partition coefficient (Wildman–Crippen LogP) is 0.917. The zero-order chi connectivity index (χ0) is 7.82. The molecule has 0 aliphatic rings. The van der Waals surface area contributed by atoms with Crippen molar-refractivity contribution in [1.29, 1.82) is 10.5 Å². The van der Waals surface area contributed by atoms with Gasteiger partial charge in [-0.25, -0.2) is 0 Å². The largest absolute Gasteiger partial charge is 0.390 e. The number of hydrogen-bond acceptors (Lipinski definition) is 3. The Morgan fingerprint density at radius 3 is 2.70 bits per heavy atom. The van der Waals surface area contributed by atoms with Crippen LogP contribution in [0.1, 0.15) is 13.3 Å². The van der Waals surface area contributed by atoms with E-state index in [1.54, 1.807) is 6.20 Å². The fourth-order valence-corrected chi connectivity index (χ4v) is 0.433. The Balaban J connectivity index is 3.85. The summed E-state index contributed by atoms with van der Waals surface area (Å²) in [6.07, 6.45) is 1.76. The van der Waals surface area contributed by atoms with Gasteiger partial charge in [0.15, 0.2) is 0 Å². The number of nitrogens with one attached hydrogen (secondary N) is 1. The maximum atomic E-state index is 8.37. The number of hydrogen-bond donors (Lipinski definition) is 1. The lowest BCUT2D eigenvalue weighted by atomic mass is 10.2. The summed E-state index contributed by atoms with van der Waals surface area (Å²) in [5, 5.41) is 19.4. The van der Waals surface area contributed by atoms with Gasteiger partial charge in [-0.1, -0.05) is 0 Å². The Kier molecular flexibility index (Phi) is 4.82. The molecule has 0 aliphatic heterocycles. The molecule has 10 heavy (non-hydrogen) atoms. The first-order valence-electron chi connectivity index (χ1n) is 3.04. The van der Waals surface area contributed by atoms with Crippen molar-refractivity contribution in [3.63, 3.8) is 0 Å². The zero-order valence-electron chi connectivity index (χ0n) is 5.89. The molecule has 3 nitrogen and oxygen atoms in total. The minimum Gasteiger partial charge on any atom is -0.390 e. The highest BCUT2D eigenvalue weighted by molar-refractivity contribution is 5.23. The summed E-state index contributed by atoms with van der Waals surface area (Å²) in [5.74, 6) is 0. The fraction of sp³-hybridized carbons (Fsp3) is 0.429. The molecule has 0 aromatic heterocycles. The van der Waals surface area contributed by atoms with E-state index in [4.69, 9.17) is 10.5 Å². The van der Waals surface area contributed by atoms with Crippen LogP contribution >= 0.6 is 0 Å². The SMILES string of the molecule is CCN/C=C(/C#N)CC#N. The lowest BCUT2D eigenvalue weighted by Gasteiger charge is -1.92.